The van der Waals surface area contributed by atoms with Crippen LogP contribution >= 0.6 is 0 Å². The van der Waals surface area contributed by atoms with Crippen molar-refractivity contribution in [1.29, 1.82) is 0 Å². The molecular weight excluding hydrogens is 1870 g/mol. The van der Waals surface area contributed by atoms with Gasteiger partial charge in [0.05, 0.1) is 59.5 Å². The van der Waals surface area contributed by atoms with Gasteiger partial charge in [-0.15, -0.1) is 0 Å². The van der Waals surface area contributed by atoms with Crippen LogP contribution in [0.3, 0.4) is 0 Å². The first-order valence-corrected chi connectivity index (χ1v) is 42.6. The zero-order valence-corrected chi connectivity index (χ0v) is 72.0. The molecule has 0 aromatic rings. The van der Waals surface area contributed by atoms with Crippen molar-refractivity contribution in [2.24, 2.45) is 0 Å². The predicted octanol–water partition coefficient (Wildman–Crippen LogP) is -24.2. The highest BCUT2D eigenvalue weighted by molar-refractivity contribution is 5.75. The third-order valence-corrected chi connectivity index (χ3v) is 24.5. The molecule has 11 rings (SSSR count). The van der Waals surface area contributed by atoms with Gasteiger partial charge in [0.15, 0.2) is 81.4 Å². The van der Waals surface area contributed by atoms with Crippen molar-refractivity contribution >= 4 is 35.6 Å². The molecule has 0 spiro atoms. The van der Waals surface area contributed by atoms with E-state index in [2.05, 4.69) is 21.3 Å². The molecule has 55 atom stereocenters. The number of hydrogen-bond donors (Lipinski definition) is 35. The van der Waals surface area contributed by atoms with Gasteiger partial charge in [0.1, 0.15) is 256 Å². The maximum Gasteiger partial charge on any atom is 0.335 e. The van der Waals surface area contributed by atoms with E-state index >= 15 is 0 Å². The van der Waals surface area contributed by atoms with Crippen molar-refractivity contribution in [3.05, 3.63) is 0 Å². The van der Waals surface area contributed by atoms with Crippen molar-refractivity contribution < 1.29 is 287 Å². The molecular formula is C74H120N4O58. The number of carboxylic acids is 2. The summed E-state index contributed by atoms with van der Waals surface area (Å²) in [7, 11) is 0. The number of amides is 4. The molecule has 0 unspecified atom stereocenters. The Morgan fingerprint density at radius 1 is 0.213 bits per heavy atom. The molecule has 11 heterocycles. The molecule has 11 fully saturated rings. The number of carbonyl (C=O) groups is 6. The zero-order valence-electron chi connectivity index (χ0n) is 72.0. The Labute approximate surface area is 765 Å². The van der Waals surface area contributed by atoms with E-state index in [4.69, 9.17) is 99.5 Å². The summed E-state index contributed by atoms with van der Waals surface area (Å²) in [6, 6.07) is -7.72. The van der Waals surface area contributed by atoms with Crippen LogP contribution in [0.2, 0.25) is 0 Å². The SMILES string of the molecule is CC(=O)N[C@@H]1[C@@H](O)[C@H](O[C@@H]2O[C@H](CO)[C@@H](O[C@@H]3O[C@H](CO[C@H]4O[C@H](CO)[C@@H](O)[C@H](O)[C@@H]4O[C@@H]4O[C@H](CO)[C@@H](O[C@@H]5O[C@H](CO)[C@H](O)[C@H](O[C@@H]6O[C@H](C(=O)O)[C@@H](O)[C@H](O)[C@H]6O)[C@H]5O)[C@H](O)[C@H]4NC(C)=O)[C@@H](O)[C@H](O[C@H]4O[C@H](CO)[C@@H](O[C@@H]5O[C@H](CO)[C@@H](O[C@@H]6O[C@H](CO)[C@H](O)[C@H](O[C@@H]7O[C@H](C(=O)O)[C@@H](O)[C@H](O)[C@H]7O)[C@H]6O)[C@H](O)[C@H]5NC(C)=O)[C@H](O)[C@@H]4O)[C@@H]3O)[C@H](O)[C@H]2NC(C)=O)[C@@H](CO)O[C@H]1O. The molecule has 0 aliphatic carbocycles. The van der Waals surface area contributed by atoms with Crippen LogP contribution in [0.15, 0.2) is 0 Å². The van der Waals surface area contributed by atoms with E-state index in [1.807, 2.05) is 0 Å². The van der Waals surface area contributed by atoms with E-state index in [0.29, 0.717) is 0 Å². The van der Waals surface area contributed by atoms with Crippen LogP contribution in [0, 0.1) is 0 Å². The fraction of sp³-hybridized carbons (Fsp3) is 0.919. The van der Waals surface area contributed by atoms with E-state index in [1.54, 1.807) is 0 Å². The lowest BCUT2D eigenvalue weighted by Gasteiger charge is -2.51. The van der Waals surface area contributed by atoms with Crippen molar-refractivity contribution in [2.75, 3.05) is 59.5 Å². The van der Waals surface area contributed by atoms with Crippen LogP contribution in [0.5, 0.6) is 0 Å². The number of nitrogens with one attached hydrogen (secondary N) is 4. The molecule has 11 saturated heterocycles. The maximum absolute atomic E-state index is 13.1. The number of hydrogen-bond acceptors (Lipinski definition) is 56. The maximum atomic E-state index is 13.1. The number of carbonyl (C=O) groups excluding carboxylic acids is 4. The predicted molar refractivity (Wildman–Crippen MR) is 410 cm³/mol. The lowest BCUT2D eigenvalue weighted by atomic mass is 9.93. The van der Waals surface area contributed by atoms with Crippen molar-refractivity contribution in [2.45, 2.75) is 365 Å². The minimum absolute atomic E-state index is 0.817. The molecule has 0 radical (unpaired) electrons. The van der Waals surface area contributed by atoms with E-state index in [-0.39, 0.29) is 0 Å². The van der Waals surface area contributed by atoms with E-state index in [0.717, 1.165) is 27.7 Å². The van der Waals surface area contributed by atoms with Gasteiger partial charge in [-0.2, -0.15) is 0 Å². The molecule has 0 aromatic carbocycles. The number of ether oxygens (including phenoxy) is 21. The Morgan fingerprint density at radius 2 is 0.441 bits per heavy atom. The van der Waals surface area contributed by atoms with Crippen molar-refractivity contribution in [1.82, 2.24) is 21.3 Å². The highest BCUT2D eigenvalue weighted by Gasteiger charge is 2.63. The Kier molecular flexibility index (Phi) is 39.3. The van der Waals surface area contributed by atoms with Crippen LogP contribution < -0.4 is 21.3 Å². The van der Waals surface area contributed by atoms with Crippen molar-refractivity contribution in [3.63, 3.8) is 0 Å². The third kappa shape index (κ3) is 24.1. The number of aliphatic hydroxyl groups excluding tert-OH is 29. The van der Waals surface area contributed by atoms with Gasteiger partial charge in [-0.3, -0.25) is 19.2 Å². The first-order valence-electron chi connectivity index (χ1n) is 42.6. The minimum atomic E-state index is -2.62. The van der Waals surface area contributed by atoms with Gasteiger partial charge in [-0.25, -0.2) is 9.59 Å². The first kappa shape index (κ1) is 111. The number of aliphatic carboxylic acids is 2. The normalized spacial score (nSPS) is 49.2. The summed E-state index contributed by atoms with van der Waals surface area (Å²) < 4.78 is 122. The number of carboxylic acid groups (broad SMARTS) is 2. The Morgan fingerprint density at radius 3 is 0.772 bits per heavy atom. The average molecular weight is 1990 g/mol. The van der Waals surface area contributed by atoms with Gasteiger partial charge < -0.3 is 279 Å². The second kappa shape index (κ2) is 48.0. The molecule has 784 valence electrons. The lowest BCUT2D eigenvalue weighted by Crippen LogP contribution is -2.71. The molecule has 11 aliphatic heterocycles. The second-order valence-corrected chi connectivity index (χ2v) is 33.9. The summed E-state index contributed by atoms with van der Waals surface area (Å²) >= 11 is 0. The molecule has 4 amide bonds. The fourth-order valence-corrected chi connectivity index (χ4v) is 17.4. The molecule has 0 saturated carbocycles. The average Bonchev–Trinajstić information content (AvgIpc) is 0.771. The highest BCUT2D eigenvalue weighted by atomic mass is 16.8. The van der Waals surface area contributed by atoms with Gasteiger partial charge in [0.2, 0.25) is 23.6 Å². The number of aliphatic hydroxyl groups is 29. The number of rotatable bonds is 35. The van der Waals surface area contributed by atoms with Crippen LogP contribution in [0.1, 0.15) is 27.7 Å². The molecule has 62 nitrogen and oxygen atoms in total. The summed E-state index contributed by atoms with van der Waals surface area (Å²) in [5.41, 5.74) is 0. The summed E-state index contributed by atoms with van der Waals surface area (Å²) in [5.74, 6) is -7.58. The van der Waals surface area contributed by atoms with Crippen LogP contribution in [-0.4, -0.2) is 591 Å². The molecule has 0 aromatic heterocycles. The van der Waals surface area contributed by atoms with Gasteiger partial charge in [-0.05, 0) is 0 Å². The van der Waals surface area contributed by atoms with Crippen LogP contribution in [0.25, 0.3) is 0 Å². The van der Waals surface area contributed by atoms with Gasteiger partial charge in [0.25, 0.3) is 0 Å². The molecule has 136 heavy (non-hydrogen) atoms. The molecule has 35 N–H and O–H groups in total. The quantitative estimate of drug-likeness (QED) is 0.0280. The van der Waals surface area contributed by atoms with Gasteiger partial charge in [-0.1, -0.05) is 0 Å². The Hall–Kier alpha value is -5.18. The zero-order chi connectivity index (χ0) is 100. The Bertz CT molecular complexity index is 3830. The smallest absolute Gasteiger partial charge is 0.335 e. The lowest BCUT2D eigenvalue weighted by molar-refractivity contribution is -0.395. The standard InChI is InChI=1S/C74H120N4O58/c1-14(87)75-27-35(95)51(21(8-82)117-64(27)115)126-65-28(76-15(2)88)36(96)54(23(10-84)121-65)130-73-50(110)58(131-68-47(107)44(104)55(25(12-86)124-68)127-66-29(77-16(3)89)37(97)52(22(9-83)122-66)128-71-48(108)56(32(92)19(6-80)118-71)132-69-45(105)39(99)42(102)59(134-69)62(111)112)34(94)26(125-73)13-116-74-61(41(101)31(91)18(5-79)120-74)136-67-30(78-17(4)90)38(98)53(24(11-85)123-67)129-72-49(109)57(33(93)20(7-81)119-72)133-70-46(106)40(100)43(103)60(135-70)63(113)114/h18-61,64-74,79-86,91-110,115H,5-13H2,1-4H3,(H,75,87)(H,76,88)(H,77,89)(H,78,90)(H,111,112)(H,113,114)/t18-,19-,20-,21-,22-,23-,24-,25-,26-,27-,28-,29-,30-,31-,32+,33+,34-,35-,36-,37-,38-,39+,40+,41+,42+,43+,44-,45-,46-,47+,48-,49-,50+,51-,52-,53-,54-,55-,56+,57+,58+,59+,60+,61+,64-,65+,66+,67+,68-,69-,70-,71+,72+,73+,74+/m1/s1. The first-order chi connectivity index (χ1) is 64.2. The topological polar surface area (TPSA) is 972 Å². The molecule has 62 heteroatoms. The summed E-state index contributed by atoms with van der Waals surface area (Å²) in [6.07, 6.45) is -113. The minimum Gasteiger partial charge on any atom is -0.479 e. The summed E-state index contributed by atoms with van der Waals surface area (Å²) in [4.78, 5) is 75.2. The van der Waals surface area contributed by atoms with Gasteiger partial charge in [0, 0.05) is 27.7 Å². The fourth-order valence-electron chi connectivity index (χ4n) is 17.4. The van der Waals surface area contributed by atoms with E-state index in [9.17, 15) is 187 Å². The highest BCUT2D eigenvalue weighted by Crippen LogP contribution is 2.42. The van der Waals surface area contributed by atoms with Gasteiger partial charge >= 0.3 is 11.9 Å². The van der Waals surface area contributed by atoms with E-state index < -0.39 is 433 Å². The summed E-state index contributed by atoms with van der Waals surface area (Å²) in [5, 5.41) is 354. The van der Waals surface area contributed by atoms with Crippen molar-refractivity contribution in [3.8, 4) is 0 Å². The second-order valence-electron chi connectivity index (χ2n) is 33.9. The monoisotopic (exact) mass is 1990 g/mol. The van der Waals surface area contributed by atoms with Crippen LogP contribution in [0.4, 0.5) is 0 Å². The largest absolute Gasteiger partial charge is 0.479 e. The Balaban J connectivity index is 0.861. The molecule has 0 bridgehead atoms. The van der Waals surface area contributed by atoms with E-state index in [1.165, 1.54) is 0 Å². The molecule has 11 aliphatic rings. The van der Waals surface area contributed by atoms with Crippen LogP contribution in [-0.2, 0) is 128 Å². The third-order valence-electron chi connectivity index (χ3n) is 24.5. The summed E-state index contributed by atoms with van der Waals surface area (Å²) in [6.45, 7) is -7.14.